The first kappa shape index (κ1) is 20.1. The zero-order valence-corrected chi connectivity index (χ0v) is 16.3. The van der Waals surface area contributed by atoms with E-state index in [2.05, 4.69) is 5.32 Å². The molecule has 152 valence electrons. The van der Waals surface area contributed by atoms with Crippen LogP contribution in [0.2, 0.25) is 0 Å². The van der Waals surface area contributed by atoms with Crippen LogP contribution in [-0.2, 0) is 14.3 Å². The van der Waals surface area contributed by atoms with Crippen molar-refractivity contribution in [3.63, 3.8) is 0 Å². The largest absolute Gasteiger partial charge is 0.497 e. The van der Waals surface area contributed by atoms with E-state index in [0.29, 0.717) is 34.2 Å². The summed E-state index contributed by atoms with van der Waals surface area (Å²) in [5.74, 6) is 1.22. The van der Waals surface area contributed by atoms with Crippen molar-refractivity contribution in [1.82, 2.24) is 0 Å². The Bertz CT molecular complexity index is 939. The monoisotopic (exact) mass is 399 g/mol. The molecule has 1 aliphatic heterocycles. The van der Waals surface area contributed by atoms with Gasteiger partial charge in [-0.15, -0.1) is 0 Å². The molecule has 1 atom stereocenters. The third-order valence-electron chi connectivity index (χ3n) is 4.14. The van der Waals surface area contributed by atoms with Gasteiger partial charge in [-0.05, 0) is 43.3 Å². The van der Waals surface area contributed by atoms with Gasteiger partial charge in [-0.1, -0.05) is 0 Å². The quantitative estimate of drug-likeness (QED) is 0.565. The number of rotatable bonds is 7. The van der Waals surface area contributed by atoms with E-state index in [9.17, 15) is 9.59 Å². The van der Waals surface area contributed by atoms with Crippen LogP contribution in [-0.4, -0.2) is 39.0 Å². The van der Waals surface area contributed by atoms with Crippen LogP contribution in [0.15, 0.2) is 42.5 Å². The number of ether oxygens (including phenoxy) is 5. The summed E-state index contributed by atoms with van der Waals surface area (Å²) in [5.41, 5.74) is 1.15. The van der Waals surface area contributed by atoms with E-state index in [1.807, 2.05) is 0 Å². The van der Waals surface area contributed by atoms with Crippen LogP contribution >= 0.6 is 0 Å². The Hall–Kier alpha value is -3.68. The fourth-order valence-electron chi connectivity index (χ4n) is 2.61. The third kappa shape index (κ3) is 4.98. The molecular weight excluding hydrogens is 378 g/mol. The summed E-state index contributed by atoms with van der Waals surface area (Å²) in [7, 11) is 3.07. The Morgan fingerprint density at radius 1 is 1.07 bits per heavy atom. The maximum absolute atomic E-state index is 12.3. The second-order valence-electron chi connectivity index (χ2n) is 6.08. The molecule has 3 rings (SSSR count). The van der Waals surface area contributed by atoms with Gasteiger partial charge in [0.1, 0.15) is 11.5 Å². The second-order valence-corrected chi connectivity index (χ2v) is 6.08. The van der Waals surface area contributed by atoms with E-state index in [4.69, 9.17) is 23.7 Å². The van der Waals surface area contributed by atoms with Crippen molar-refractivity contribution in [2.75, 3.05) is 26.3 Å². The Balaban J connectivity index is 1.58. The Morgan fingerprint density at radius 3 is 2.62 bits per heavy atom. The van der Waals surface area contributed by atoms with Crippen LogP contribution in [0, 0.1) is 0 Å². The average Bonchev–Trinajstić information content (AvgIpc) is 3.19. The molecule has 0 radical (unpaired) electrons. The summed E-state index contributed by atoms with van der Waals surface area (Å²) in [4.78, 5) is 24.4. The predicted molar refractivity (Wildman–Crippen MR) is 105 cm³/mol. The van der Waals surface area contributed by atoms with E-state index in [1.54, 1.807) is 43.5 Å². The highest BCUT2D eigenvalue weighted by atomic mass is 16.7. The SMILES string of the molecule is COc1ccc(OC)c(/C=C/C(=O)O[C@H](C)C(=O)Nc2ccc3c(c2)OCO3)c1. The summed E-state index contributed by atoms with van der Waals surface area (Å²) >= 11 is 0. The van der Waals surface area contributed by atoms with Crippen LogP contribution in [0.25, 0.3) is 6.08 Å². The van der Waals surface area contributed by atoms with Crippen molar-refractivity contribution in [2.24, 2.45) is 0 Å². The van der Waals surface area contributed by atoms with Crippen molar-refractivity contribution in [3.05, 3.63) is 48.0 Å². The summed E-state index contributed by atoms with van der Waals surface area (Å²) < 4.78 is 26.1. The van der Waals surface area contributed by atoms with Gasteiger partial charge in [0.05, 0.1) is 14.2 Å². The van der Waals surface area contributed by atoms with Crippen molar-refractivity contribution in [3.8, 4) is 23.0 Å². The summed E-state index contributed by atoms with van der Waals surface area (Å²) in [6.07, 6.45) is 1.76. The fraction of sp³-hybridized carbons (Fsp3) is 0.238. The molecule has 0 fully saturated rings. The molecule has 0 bridgehead atoms. The van der Waals surface area contributed by atoms with E-state index >= 15 is 0 Å². The first-order valence-corrected chi connectivity index (χ1v) is 8.81. The maximum atomic E-state index is 12.3. The molecule has 2 aromatic carbocycles. The number of amides is 1. The molecule has 0 saturated heterocycles. The lowest BCUT2D eigenvalue weighted by atomic mass is 10.1. The molecular formula is C21H21NO7. The number of carbonyl (C=O) groups is 2. The highest BCUT2D eigenvalue weighted by molar-refractivity contribution is 5.97. The lowest BCUT2D eigenvalue weighted by Crippen LogP contribution is -2.29. The molecule has 2 aromatic rings. The summed E-state index contributed by atoms with van der Waals surface area (Å²) in [6.45, 7) is 1.63. The molecule has 1 amide bonds. The molecule has 1 aliphatic rings. The Morgan fingerprint density at radius 2 is 1.86 bits per heavy atom. The normalized spacial score (nSPS) is 13.1. The molecule has 1 N–H and O–H groups in total. The maximum Gasteiger partial charge on any atom is 0.331 e. The molecule has 0 aliphatic carbocycles. The molecule has 1 heterocycles. The van der Waals surface area contributed by atoms with Gasteiger partial charge in [-0.3, -0.25) is 4.79 Å². The number of hydrogen-bond donors (Lipinski definition) is 1. The van der Waals surface area contributed by atoms with Crippen molar-refractivity contribution < 1.29 is 33.3 Å². The standard InChI is InChI=1S/C21H21NO7/c1-13(21(24)22-15-5-7-18-19(11-15)28-12-27-18)29-20(23)9-4-14-10-16(25-2)6-8-17(14)26-3/h4-11,13H,12H2,1-3H3,(H,22,24)/b9-4+/t13-/m1/s1. The van der Waals surface area contributed by atoms with Crippen LogP contribution in [0.1, 0.15) is 12.5 Å². The van der Waals surface area contributed by atoms with Gasteiger partial charge >= 0.3 is 5.97 Å². The molecule has 0 saturated carbocycles. The van der Waals surface area contributed by atoms with E-state index in [-0.39, 0.29) is 6.79 Å². The number of methoxy groups -OCH3 is 2. The van der Waals surface area contributed by atoms with E-state index in [0.717, 1.165) is 0 Å². The number of carbonyl (C=O) groups excluding carboxylic acids is 2. The molecule has 29 heavy (non-hydrogen) atoms. The van der Waals surface area contributed by atoms with Gasteiger partial charge in [0, 0.05) is 23.4 Å². The third-order valence-corrected chi connectivity index (χ3v) is 4.14. The summed E-state index contributed by atoms with van der Waals surface area (Å²) in [6, 6.07) is 10.2. The Kier molecular flexibility index (Phi) is 6.23. The van der Waals surface area contributed by atoms with Gasteiger partial charge in [0.2, 0.25) is 6.79 Å². The molecule has 8 heteroatoms. The molecule has 0 unspecified atom stereocenters. The minimum atomic E-state index is -0.996. The number of anilines is 1. The van der Waals surface area contributed by atoms with Crippen LogP contribution in [0.3, 0.4) is 0 Å². The Labute approximate surface area is 168 Å². The average molecular weight is 399 g/mol. The highest BCUT2D eigenvalue weighted by Gasteiger charge is 2.19. The second kappa shape index (κ2) is 9.01. The smallest absolute Gasteiger partial charge is 0.331 e. The fourth-order valence-corrected chi connectivity index (χ4v) is 2.61. The van der Waals surface area contributed by atoms with Crippen molar-refractivity contribution >= 4 is 23.6 Å². The first-order chi connectivity index (χ1) is 14.0. The number of benzene rings is 2. The van der Waals surface area contributed by atoms with Crippen LogP contribution in [0.5, 0.6) is 23.0 Å². The zero-order chi connectivity index (χ0) is 20.8. The number of hydrogen-bond acceptors (Lipinski definition) is 7. The van der Waals surface area contributed by atoms with E-state index < -0.39 is 18.0 Å². The van der Waals surface area contributed by atoms with Crippen LogP contribution in [0.4, 0.5) is 5.69 Å². The highest BCUT2D eigenvalue weighted by Crippen LogP contribution is 2.34. The number of nitrogens with one attached hydrogen (secondary N) is 1. The van der Waals surface area contributed by atoms with E-state index in [1.165, 1.54) is 26.2 Å². The van der Waals surface area contributed by atoms with Gasteiger partial charge < -0.3 is 29.0 Å². The van der Waals surface area contributed by atoms with Crippen LogP contribution < -0.4 is 24.3 Å². The lowest BCUT2D eigenvalue weighted by molar-refractivity contribution is -0.148. The predicted octanol–water partition coefficient (Wildman–Crippen LogP) is 3.02. The molecule has 8 nitrogen and oxygen atoms in total. The number of esters is 1. The van der Waals surface area contributed by atoms with Gasteiger partial charge in [0.15, 0.2) is 17.6 Å². The first-order valence-electron chi connectivity index (χ1n) is 8.81. The summed E-state index contributed by atoms with van der Waals surface area (Å²) in [5, 5.41) is 2.67. The van der Waals surface area contributed by atoms with Crippen molar-refractivity contribution in [2.45, 2.75) is 13.0 Å². The minimum Gasteiger partial charge on any atom is -0.497 e. The zero-order valence-electron chi connectivity index (χ0n) is 16.3. The minimum absolute atomic E-state index is 0.144. The van der Waals surface area contributed by atoms with Crippen molar-refractivity contribution in [1.29, 1.82) is 0 Å². The topological polar surface area (TPSA) is 92.3 Å². The molecule has 0 aromatic heterocycles. The molecule has 0 spiro atoms. The number of fused-ring (bicyclic) bond motifs is 1. The van der Waals surface area contributed by atoms with Gasteiger partial charge in [-0.2, -0.15) is 0 Å². The lowest BCUT2D eigenvalue weighted by Gasteiger charge is -2.13. The van der Waals surface area contributed by atoms with Gasteiger partial charge in [0.25, 0.3) is 5.91 Å². The van der Waals surface area contributed by atoms with Gasteiger partial charge in [-0.25, -0.2) is 4.79 Å².